The molecule has 6 nitrogen and oxygen atoms in total. The van der Waals surface area contributed by atoms with Crippen molar-refractivity contribution in [2.24, 2.45) is 0 Å². The molecular formula is C16H19FN2O4S2. The first-order valence-electron chi connectivity index (χ1n) is 7.70. The van der Waals surface area contributed by atoms with Crippen LogP contribution in [0.4, 0.5) is 4.39 Å². The summed E-state index contributed by atoms with van der Waals surface area (Å²) in [7, 11) is 0. The van der Waals surface area contributed by atoms with Crippen molar-refractivity contribution in [1.29, 1.82) is 0 Å². The maximum atomic E-state index is 13.7. The molecule has 2 amide bonds. The van der Waals surface area contributed by atoms with Gasteiger partial charge in [-0.15, -0.1) is 23.5 Å². The fourth-order valence-electron chi connectivity index (χ4n) is 2.28. The maximum absolute atomic E-state index is 13.7. The Kier molecular flexibility index (Phi) is 7.57. The van der Waals surface area contributed by atoms with E-state index in [4.69, 9.17) is 5.11 Å². The van der Waals surface area contributed by atoms with Gasteiger partial charge in [0, 0.05) is 18.1 Å². The van der Waals surface area contributed by atoms with E-state index in [9.17, 15) is 18.8 Å². The molecule has 25 heavy (non-hydrogen) atoms. The minimum absolute atomic E-state index is 0.0103. The lowest BCUT2D eigenvalue weighted by Crippen LogP contribution is -2.54. The lowest BCUT2D eigenvalue weighted by Gasteiger charge is -2.28. The van der Waals surface area contributed by atoms with Gasteiger partial charge < -0.3 is 15.7 Å². The molecule has 2 unspecified atom stereocenters. The Balaban J connectivity index is 1.75. The van der Waals surface area contributed by atoms with Crippen molar-refractivity contribution in [3.05, 3.63) is 35.6 Å². The van der Waals surface area contributed by atoms with Gasteiger partial charge in [-0.2, -0.15) is 0 Å². The highest BCUT2D eigenvalue weighted by atomic mass is 32.2. The van der Waals surface area contributed by atoms with Gasteiger partial charge in [0.05, 0.1) is 11.0 Å². The number of thioether (sulfide) groups is 2. The summed E-state index contributed by atoms with van der Waals surface area (Å²) in [5.74, 6) is -0.909. The van der Waals surface area contributed by atoms with Gasteiger partial charge >= 0.3 is 5.97 Å². The third kappa shape index (κ3) is 6.24. The van der Waals surface area contributed by atoms with Crippen LogP contribution in [-0.4, -0.2) is 58.0 Å². The lowest BCUT2D eigenvalue weighted by atomic mass is 10.1. The normalized spacial score (nSPS) is 20.0. The van der Waals surface area contributed by atoms with Crippen LogP contribution in [0.1, 0.15) is 5.56 Å². The van der Waals surface area contributed by atoms with E-state index in [2.05, 4.69) is 10.6 Å². The average molecular weight is 386 g/mol. The molecule has 1 aliphatic heterocycles. The molecule has 0 spiro atoms. The first-order chi connectivity index (χ1) is 12.0. The molecule has 1 fully saturated rings. The van der Waals surface area contributed by atoms with E-state index in [0.29, 0.717) is 23.6 Å². The molecule has 0 bridgehead atoms. The van der Waals surface area contributed by atoms with Crippen LogP contribution in [0.25, 0.3) is 0 Å². The average Bonchev–Trinajstić information content (AvgIpc) is 2.57. The van der Waals surface area contributed by atoms with Gasteiger partial charge in [-0.3, -0.25) is 14.4 Å². The van der Waals surface area contributed by atoms with Crippen molar-refractivity contribution in [1.82, 2.24) is 10.6 Å². The summed E-state index contributed by atoms with van der Waals surface area (Å²) in [5.41, 5.74) is 0.480. The molecule has 1 aliphatic rings. The van der Waals surface area contributed by atoms with Crippen LogP contribution < -0.4 is 10.6 Å². The zero-order valence-electron chi connectivity index (χ0n) is 13.4. The summed E-state index contributed by atoms with van der Waals surface area (Å²) in [6.45, 7) is 0.340. The fraction of sp³-hybridized carbons (Fsp3) is 0.438. The minimum Gasteiger partial charge on any atom is -0.481 e. The van der Waals surface area contributed by atoms with E-state index < -0.39 is 17.3 Å². The summed E-state index contributed by atoms with van der Waals surface area (Å²) in [6, 6.07) is 5.71. The Morgan fingerprint density at radius 2 is 2.16 bits per heavy atom. The minimum atomic E-state index is -0.895. The molecular weight excluding hydrogens is 367 g/mol. The lowest BCUT2D eigenvalue weighted by molar-refractivity contribution is -0.134. The van der Waals surface area contributed by atoms with Crippen LogP contribution in [0.3, 0.4) is 0 Å². The number of hydrogen-bond donors (Lipinski definition) is 3. The predicted octanol–water partition coefficient (Wildman–Crippen LogP) is 0.902. The number of rotatable bonds is 8. The highest BCUT2D eigenvalue weighted by Crippen LogP contribution is 2.23. The molecule has 0 aromatic heterocycles. The topological polar surface area (TPSA) is 95.5 Å². The Hall–Kier alpha value is -1.74. The number of carbonyl (C=O) groups is 3. The van der Waals surface area contributed by atoms with Crippen LogP contribution in [0, 0.1) is 5.82 Å². The monoisotopic (exact) mass is 386 g/mol. The van der Waals surface area contributed by atoms with E-state index in [1.807, 2.05) is 0 Å². The van der Waals surface area contributed by atoms with Crippen LogP contribution in [0.2, 0.25) is 0 Å². The SMILES string of the molecule is O=C(O)CSCCNC(=O)C1CSC(Cc2ccccc2F)C(=O)N1. The standard InChI is InChI=1S/C16H19FN2O4S2/c17-11-4-2-1-3-10(11)7-13-16(23)19-12(8-25-13)15(22)18-5-6-24-9-14(20)21/h1-4,12-13H,5-9H2,(H,18,22)(H,19,23)(H,20,21). The number of carboxylic acid groups (broad SMARTS) is 1. The summed E-state index contributed by atoms with van der Waals surface area (Å²) in [5, 5.41) is 13.4. The molecule has 1 saturated heterocycles. The van der Waals surface area contributed by atoms with Crippen molar-refractivity contribution in [2.75, 3.05) is 23.8 Å². The van der Waals surface area contributed by atoms with Gasteiger partial charge in [-0.25, -0.2) is 4.39 Å². The molecule has 0 saturated carbocycles. The number of aliphatic carboxylic acids is 1. The van der Waals surface area contributed by atoms with Crippen LogP contribution in [0.15, 0.2) is 24.3 Å². The van der Waals surface area contributed by atoms with Crippen molar-refractivity contribution in [3.63, 3.8) is 0 Å². The van der Waals surface area contributed by atoms with Gasteiger partial charge in [-0.05, 0) is 18.1 Å². The van der Waals surface area contributed by atoms with Gasteiger partial charge in [0.1, 0.15) is 11.9 Å². The number of carboxylic acids is 1. The Bertz CT molecular complexity index is 644. The molecule has 1 aromatic rings. The highest BCUT2D eigenvalue weighted by molar-refractivity contribution is 8.00. The first kappa shape index (κ1) is 19.6. The van der Waals surface area contributed by atoms with Crippen LogP contribution in [0.5, 0.6) is 0 Å². The number of carbonyl (C=O) groups excluding carboxylic acids is 2. The molecule has 1 heterocycles. The van der Waals surface area contributed by atoms with E-state index in [-0.39, 0.29) is 29.8 Å². The Morgan fingerprint density at radius 1 is 1.40 bits per heavy atom. The van der Waals surface area contributed by atoms with Crippen molar-refractivity contribution < 1.29 is 23.9 Å². The van der Waals surface area contributed by atoms with Gasteiger partial charge in [-0.1, -0.05) is 18.2 Å². The maximum Gasteiger partial charge on any atom is 0.313 e. The predicted molar refractivity (Wildman–Crippen MR) is 96.3 cm³/mol. The number of hydrogen-bond acceptors (Lipinski definition) is 5. The highest BCUT2D eigenvalue weighted by Gasteiger charge is 2.32. The fourth-order valence-corrected chi connectivity index (χ4v) is 4.02. The smallest absolute Gasteiger partial charge is 0.313 e. The summed E-state index contributed by atoms with van der Waals surface area (Å²) >= 11 is 2.55. The van der Waals surface area contributed by atoms with E-state index >= 15 is 0 Å². The second-order valence-electron chi connectivity index (χ2n) is 5.42. The van der Waals surface area contributed by atoms with E-state index in [0.717, 1.165) is 0 Å². The number of benzene rings is 1. The third-order valence-corrected chi connectivity index (χ3v) is 5.78. The zero-order chi connectivity index (χ0) is 18.2. The van der Waals surface area contributed by atoms with Crippen LogP contribution in [-0.2, 0) is 20.8 Å². The first-order valence-corrected chi connectivity index (χ1v) is 9.90. The van der Waals surface area contributed by atoms with E-state index in [1.54, 1.807) is 18.2 Å². The summed E-state index contributed by atoms with van der Waals surface area (Å²) < 4.78 is 13.7. The number of halogens is 1. The molecule has 3 N–H and O–H groups in total. The molecule has 2 rings (SSSR count). The van der Waals surface area contributed by atoms with Gasteiger partial charge in [0.15, 0.2) is 0 Å². The molecule has 0 radical (unpaired) electrons. The third-order valence-electron chi connectivity index (χ3n) is 3.52. The van der Waals surface area contributed by atoms with Gasteiger partial charge in [0.2, 0.25) is 11.8 Å². The molecule has 136 valence electrons. The quantitative estimate of drug-likeness (QED) is 0.575. The van der Waals surface area contributed by atoms with Crippen molar-refractivity contribution in [3.8, 4) is 0 Å². The molecule has 9 heteroatoms. The summed E-state index contributed by atoms with van der Waals surface area (Å²) in [6.07, 6.45) is 0.281. The van der Waals surface area contributed by atoms with Crippen molar-refractivity contribution >= 4 is 41.3 Å². The van der Waals surface area contributed by atoms with E-state index in [1.165, 1.54) is 29.6 Å². The molecule has 0 aliphatic carbocycles. The van der Waals surface area contributed by atoms with Crippen LogP contribution >= 0.6 is 23.5 Å². The second-order valence-corrected chi connectivity index (χ2v) is 7.76. The summed E-state index contributed by atoms with van der Waals surface area (Å²) in [4.78, 5) is 34.6. The second kappa shape index (κ2) is 9.67. The number of amides is 2. The Labute approximate surface area is 153 Å². The largest absolute Gasteiger partial charge is 0.481 e. The molecule has 2 atom stereocenters. The van der Waals surface area contributed by atoms with Gasteiger partial charge in [0.25, 0.3) is 0 Å². The number of nitrogens with one attached hydrogen (secondary N) is 2. The molecule has 1 aromatic carbocycles. The Morgan fingerprint density at radius 3 is 2.84 bits per heavy atom. The zero-order valence-corrected chi connectivity index (χ0v) is 15.0. The van der Waals surface area contributed by atoms with Crippen molar-refractivity contribution in [2.45, 2.75) is 17.7 Å².